The van der Waals surface area contributed by atoms with Crippen LogP contribution >= 0.6 is 0 Å². The van der Waals surface area contributed by atoms with Gasteiger partial charge in [0.2, 0.25) is 5.91 Å². The highest BCUT2D eigenvalue weighted by Crippen LogP contribution is 2.11. The molecule has 0 bridgehead atoms. The minimum atomic E-state index is -0.0489. The first-order chi connectivity index (χ1) is 7.43. The molecule has 1 aromatic heterocycles. The van der Waals surface area contributed by atoms with E-state index >= 15 is 0 Å². The number of aromatic nitrogens is 1. The lowest BCUT2D eigenvalue weighted by Gasteiger charge is -2.22. The quantitative estimate of drug-likeness (QED) is 0.838. The number of nitrogens with zero attached hydrogens (tertiary/aromatic N) is 2. The molecule has 0 fully saturated rings. The molecule has 0 aliphatic rings. The van der Waals surface area contributed by atoms with Gasteiger partial charge in [0.15, 0.2) is 0 Å². The molecule has 0 aliphatic heterocycles. The van der Waals surface area contributed by atoms with Crippen molar-refractivity contribution in [3.63, 3.8) is 0 Å². The average molecular weight is 223 g/mol. The molecule has 1 amide bonds. The second-order valence-corrected chi connectivity index (χ2v) is 4.45. The van der Waals surface area contributed by atoms with Crippen molar-refractivity contribution in [1.29, 1.82) is 0 Å². The summed E-state index contributed by atoms with van der Waals surface area (Å²) in [5.74, 6) is 0.105. The molecule has 16 heavy (non-hydrogen) atoms. The zero-order valence-corrected chi connectivity index (χ0v) is 10.5. The Morgan fingerprint density at radius 1 is 1.50 bits per heavy atom. The van der Waals surface area contributed by atoms with Crippen LogP contribution in [0.2, 0.25) is 0 Å². The Hall–Kier alpha value is -1.29. The Bertz CT molecular complexity index is 355. The van der Waals surface area contributed by atoms with E-state index in [0.717, 1.165) is 5.69 Å². The summed E-state index contributed by atoms with van der Waals surface area (Å²) in [6.45, 7) is 6.28. The maximum Gasteiger partial charge on any atom is 0.242 e. The van der Waals surface area contributed by atoms with Crippen molar-refractivity contribution in [2.24, 2.45) is 5.73 Å². The third-order valence-corrected chi connectivity index (χ3v) is 2.80. The van der Waals surface area contributed by atoms with Gasteiger partial charge < -0.3 is 15.2 Å². The normalized spacial score (nSPS) is 12.9. The smallest absolute Gasteiger partial charge is 0.242 e. The number of nitrogens with two attached hydrogens (primary N) is 1. The second-order valence-electron chi connectivity index (χ2n) is 4.45. The van der Waals surface area contributed by atoms with Crippen LogP contribution in [0.4, 0.5) is 0 Å². The van der Waals surface area contributed by atoms with E-state index in [-0.39, 0.29) is 18.0 Å². The third kappa shape index (κ3) is 2.85. The highest BCUT2D eigenvalue weighted by Gasteiger charge is 2.14. The summed E-state index contributed by atoms with van der Waals surface area (Å²) in [6, 6.07) is 4.04. The lowest BCUT2D eigenvalue weighted by molar-refractivity contribution is -0.132. The number of carbonyl (C=O) groups is 1. The van der Waals surface area contributed by atoms with Gasteiger partial charge >= 0.3 is 0 Å². The number of amides is 1. The molecule has 0 radical (unpaired) electrons. The first-order valence-corrected chi connectivity index (χ1v) is 5.59. The second kappa shape index (κ2) is 5.16. The van der Waals surface area contributed by atoms with Crippen molar-refractivity contribution >= 4 is 5.91 Å². The van der Waals surface area contributed by atoms with Crippen molar-refractivity contribution < 1.29 is 4.79 Å². The minimum absolute atomic E-state index is 0.0489. The molecule has 1 rings (SSSR count). The maximum absolute atomic E-state index is 11.9. The van der Waals surface area contributed by atoms with E-state index in [1.54, 1.807) is 4.90 Å². The lowest BCUT2D eigenvalue weighted by Crippen LogP contribution is -2.35. The molecular formula is C12H21N3O. The summed E-state index contributed by atoms with van der Waals surface area (Å²) >= 11 is 0. The van der Waals surface area contributed by atoms with Gasteiger partial charge in [0, 0.05) is 31.0 Å². The fourth-order valence-corrected chi connectivity index (χ4v) is 1.53. The van der Waals surface area contributed by atoms with Crippen LogP contribution in [-0.4, -0.2) is 28.5 Å². The van der Waals surface area contributed by atoms with Gasteiger partial charge in [-0.15, -0.1) is 0 Å². The largest absolute Gasteiger partial charge is 0.342 e. The predicted octanol–water partition coefficient (Wildman–Crippen LogP) is 1.37. The molecule has 1 aromatic rings. The highest BCUT2D eigenvalue weighted by atomic mass is 16.2. The monoisotopic (exact) mass is 223 g/mol. The number of hydrogen-bond donors (Lipinski definition) is 1. The summed E-state index contributed by atoms with van der Waals surface area (Å²) in [4.78, 5) is 13.6. The van der Waals surface area contributed by atoms with Gasteiger partial charge in [0.1, 0.15) is 6.54 Å². The van der Waals surface area contributed by atoms with Crippen molar-refractivity contribution in [3.05, 3.63) is 24.0 Å². The van der Waals surface area contributed by atoms with E-state index in [9.17, 15) is 4.79 Å². The first-order valence-electron chi connectivity index (χ1n) is 5.59. The Kier molecular flexibility index (Phi) is 4.12. The number of rotatable bonds is 4. The van der Waals surface area contributed by atoms with Crippen LogP contribution < -0.4 is 5.73 Å². The Balaban J connectivity index is 2.73. The van der Waals surface area contributed by atoms with Gasteiger partial charge in [-0.3, -0.25) is 4.79 Å². The maximum atomic E-state index is 11.9. The highest BCUT2D eigenvalue weighted by molar-refractivity contribution is 5.76. The topological polar surface area (TPSA) is 51.3 Å². The number of carbonyl (C=O) groups excluding carboxylic acids is 1. The van der Waals surface area contributed by atoms with Gasteiger partial charge in [-0.1, -0.05) is 0 Å². The van der Waals surface area contributed by atoms with Crippen molar-refractivity contribution in [1.82, 2.24) is 9.47 Å². The summed E-state index contributed by atoms with van der Waals surface area (Å²) in [6.07, 6.45) is 1.89. The van der Waals surface area contributed by atoms with Gasteiger partial charge in [0.05, 0.1) is 0 Å². The van der Waals surface area contributed by atoms with E-state index in [1.807, 2.05) is 50.7 Å². The molecule has 2 N–H and O–H groups in total. The van der Waals surface area contributed by atoms with Gasteiger partial charge in [-0.25, -0.2) is 0 Å². The number of hydrogen-bond acceptors (Lipinski definition) is 2. The molecule has 0 saturated heterocycles. The number of likely N-dealkylation sites (N-methyl/N-ethyl adjacent to an activating group) is 1. The predicted molar refractivity (Wildman–Crippen MR) is 64.9 cm³/mol. The van der Waals surface area contributed by atoms with Gasteiger partial charge in [-0.05, 0) is 32.9 Å². The van der Waals surface area contributed by atoms with Crippen LogP contribution in [0.25, 0.3) is 0 Å². The molecule has 4 nitrogen and oxygen atoms in total. The van der Waals surface area contributed by atoms with Crippen LogP contribution in [0, 0.1) is 0 Å². The Morgan fingerprint density at radius 2 is 2.12 bits per heavy atom. The van der Waals surface area contributed by atoms with Crippen LogP contribution in [0.5, 0.6) is 0 Å². The summed E-state index contributed by atoms with van der Waals surface area (Å²) in [5.41, 5.74) is 6.82. The lowest BCUT2D eigenvalue weighted by atomic mass is 10.2. The van der Waals surface area contributed by atoms with E-state index in [4.69, 9.17) is 5.73 Å². The molecule has 0 saturated carbocycles. The SMILES string of the molecule is CC(N)c1cccn1CC(=O)N(C)C(C)C. The fourth-order valence-electron chi connectivity index (χ4n) is 1.53. The molecule has 0 spiro atoms. The van der Waals surface area contributed by atoms with E-state index in [1.165, 1.54) is 0 Å². The van der Waals surface area contributed by atoms with E-state index in [0.29, 0.717) is 6.54 Å². The fraction of sp³-hybridized carbons (Fsp3) is 0.583. The van der Waals surface area contributed by atoms with Crippen molar-refractivity contribution in [2.75, 3.05) is 7.05 Å². The molecular weight excluding hydrogens is 202 g/mol. The van der Waals surface area contributed by atoms with E-state index < -0.39 is 0 Å². The summed E-state index contributed by atoms with van der Waals surface area (Å²) in [7, 11) is 1.82. The molecule has 1 unspecified atom stereocenters. The third-order valence-electron chi connectivity index (χ3n) is 2.80. The van der Waals surface area contributed by atoms with Crippen molar-refractivity contribution in [3.8, 4) is 0 Å². The molecule has 1 atom stereocenters. The Morgan fingerprint density at radius 3 is 2.62 bits per heavy atom. The van der Waals surface area contributed by atoms with Crippen LogP contribution in [0.15, 0.2) is 18.3 Å². The summed E-state index contributed by atoms with van der Waals surface area (Å²) in [5, 5.41) is 0. The molecule has 0 aromatic carbocycles. The standard InChI is InChI=1S/C12H21N3O/c1-9(2)14(4)12(16)8-15-7-5-6-11(15)10(3)13/h5-7,9-10H,8,13H2,1-4H3. The molecule has 1 heterocycles. The first kappa shape index (κ1) is 12.8. The zero-order chi connectivity index (χ0) is 12.3. The molecule has 4 heteroatoms. The zero-order valence-electron chi connectivity index (χ0n) is 10.5. The molecule has 90 valence electrons. The van der Waals surface area contributed by atoms with Crippen LogP contribution in [-0.2, 0) is 11.3 Å². The summed E-state index contributed by atoms with van der Waals surface area (Å²) < 4.78 is 1.91. The van der Waals surface area contributed by atoms with Gasteiger partial charge in [0.25, 0.3) is 0 Å². The van der Waals surface area contributed by atoms with Crippen LogP contribution in [0.3, 0.4) is 0 Å². The Labute approximate surface area is 97.0 Å². The van der Waals surface area contributed by atoms with Crippen LogP contribution in [0.1, 0.15) is 32.5 Å². The average Bonchev–Trinajstić information content (AvgIpc) is 2.64. The minimum Gasteiger partial charge on any atom is -0.342 e. The van der Waals surface area contributed by atoms with Crippen molar-refractivity contribution in [2.45, 2.75) is 39.4 Å². The van der Waals surface area contributed by atoms with E-state index in [2.05, 4.69) is 0 Å². The van der Waals surface area contributed by atoms with Gasteiger partial charge in [-0.2, -0.15) is 0 Å². The molecule has 0 aliphatic carbocycles.